The lowest BCUT2D eigenvalue weighted by Crippen LogP contribution is -2.43. The number of nitrogens with one attached hydrogen (secondary N) is 2. The van der Waals surface area contributed by atoms with E-state index in [2.05, 4.69) is 20.9 Å². The Labute approximate surface area is 115 Å². The Morgan fingerprint density at radius 3 is 3.05 bits per heavy atom. The van der Waals surface area contributed by atoms with Gasteiger partial charge in [0.15, 0.2) is 5.69 Å². The highest BCUT2D eigenvalue weighted by molar-refractivity contribution is 5.91. The predicted molar refractivity (Wildman–Crippen MR) is 69.5 cm³/mol. The molecule has 0 unspecified atom stereocenters. The van der Waals surface area contributed by atoms with E-state index in [4.69, 9.17) is 0 Å². The third kappa shape index (κ3) is 2.67. The van der Waals surface area contributed by atoms with Crippen molar-refractivity contribution in [1.29, 1.82) is 0 Å². The quantitative estimate of drug-likeness (QED) is 0.852. The summed E-state index contributed by atoms with van der Waals surface area (Å²) < 4.78 is 14.7. The Morgan fingerprint density at radius 2 is 2.35 bits per heavy atom. The minimum atomic E-state index is -0.319. The van der Waals surface area contributed by atoms with Crippen LogP contribution in [0.2, 0.25) is 0 Å². The van der Waals surface area contributed by atoms with Gasteiger partial charge in [0.05, 0.1) is 12.2 Å². The summed E-state index contributed by atoms with van der Waals surface area (Å²) in [6.07, 6.45) is 1.63. The molecule has 1 aliphatic heterocycles. The number of rotatable bonds is 4. The van der Waals surface area contributed by atoms with Gasteiger partial charge in [-0.15, -0.1) is 5.10 Å². The fraction of sp³-hybridized carbons (Fsp3) is 0.308. The van der Waals surface area contributed by atoms with Crippen LogP contribution in [0.3, 0.4) is 0 Å². The number of carbonyl (C=O) groups is 1. The van der Waals surface area contributed by atoms with Crippen LogP contribution in [0.1, 0.15) is 22.1 Å². The standard InChI is InChI=1S/C13H14FN5O/c14-10-3-1-2-9(4-10)5-16-13(20)12-8-19(18-17-12)11-6-15-7-11/h1-4,8,11,15H,5-7H2,(H,16,20). The Morgan fingerprint density at radius 1 is 1.50 bits per heavy atom. The molecule has 1 fully saturated rings. The Kier molecular flexibility index (Phi) is 3.42. The highest BCUT2D eigenvalue weighted by atomic mass is 19.1. The monoisotopic (exact) mass is 275 g/mol. The van der Waals surface area contributed by atoms with Crippen molar-refractivity contribution in [3.63, 3.8) is 0 Å². The molecule has 1 saturated heterocycles. The molecule has 1 aromatic carbocycles. The highest BCUT2D eigenvalue weighted by Crippen LogP contribution is 2.10. The topological polar surface area (TPSA) is 71.8 Å². The smallest absolute Gasteiger partial charge is 0.273 e. The molecule has 1 aliphatic rings. The van der Waals surface area contributed by atoms with Crippen LogP contribution in [-0.4, -0.2) is 34.0 Å². The van der Waals surface area contributed by atoms with Gasteiger partial charge < -0.3 is 10.6 Å². The molecule has 1 amide bonds. The molecule has 20 heavy (non-hydrogen) atoms. The molecule has 3 rings (SSSR count). The van der Waals surface area contributed by atoms with Crippen molar-refractivity contribution < 1.29 is 9.18 Å². The van der Waals surface area contributed by atoms with Crippen LogP contribution >= 0.6 is 0 Å². The Bertz CT molecular complexity index is 623. The third-order valence-corrected chi connectivity index (χ3v) is 3.22. The zero-order valence-electron chi connectivity index (χ0n) is 10.7. The third-order valence-electron chi connectivity index (χ3n) is 3.22. The molecule has 2 heterocycles. The SMILES string of the molecule is O=C(NCc1cccc(F)c1)c1cn(C2CNC2)nn1. The molecule has 2 N–H and O–H groups in total. The molecule has 1 aromatic heterocycles. The van der Waals surface area contributed by atoms with Crippen LogP contribution in [0, 0.1) is 5.82 Å². The molecule has 0 aliphatic carbocycles. The van der Waals surface area contributed by atoms with Crippen molar-refractivity contribution in [2.45, 2.75) is 12.6 Å². The van der Waals surface area contributed by atoms with Gasteiger partial charge in [-0.2, -0.15) is 0 Å². The molecular weight excluding hydrogens is 261 g/mol. The van der Waals surface area contributed by atoms with E-state index in [1.165, 1.54) is 12.1 Å². The fourth-order valence-corrected chi connectivity index (χ4v) is 1.94. The predicted octanol–water partition coefficient (Wildman–Crippen LogP) is 0.491. The molecular formula is C13H14FN5O. The lowest BCUT2D eigenvalue weighted by molar-refractivity contribution is 0.0945. The number of amides is 1. The lowest BCUT2D eigenvalue weighted by atomic mass is 10.2. The van der Waals surface area contributed by atoms with Crippen LogP contribution in [0.15, 0.2) is 30.5 Å². The second-order valence-electron chi connectivity index (χ2n) is 4.71. The van der Waals surface area contributed by atoms with E-state index >= 15 is 0 Å². The molecule has 6 nitrogen and oxygen atoms in total. The van der Waals surface area contributed by atoms with Crippen molar-refractivity contribution in [2.24, 2.45) is 0 Å². The maximum atomic E-state index is 13.0. The normalized spacial score (nSPS) is 14.8. The first-order valence-electron chi connectivity index (χ1n) is 6.37. The van der Waals surface area contributed by atoms with Crippen LogP contribution in [0.5, 0.6) is 0 Å². The van der Waals surface area contributed by atoms with Crippen LogP contribution in [0.4, 0.5) is 4.39 Å². The molecule has 7 heteroatoms. The van der Waals surface area contributed by atoms with E-state index in [9.17, 15) is 9.18 Å². The van der Waals surface area contributed by atoms with Crippen molar-refractivity contribution in [2.75, 3.05) is 13.1 Å². The molecule has 0 atom stereocenters. The number of hydrogen-bond acceptors (Lipinski definition) is 4. The molecule has 0 spiro atoms. The number of aromatic nitrogens is 3. The average molecular weight is 275 g/mol. The summed E-state index contributed by atoms with van der Waals surface area (Å²) in [6, 6.07) is 6.38. The second kappa shape index (κ2) is 5.38. The van der Waals surface area contributed by atoms with E-state index in [0.717, 1.165) is 13.1 Å². The van der Waals surface area contributed by atoms with E-state index in [0.29, 0.717) is 5.56 Å². The van der Waals surface area contributed by atoms with Crippen LogP contribution < -0.4 is 10.6 Å². The molecule has 0 bridgehead atoms. The first-order valence-corrected chi connectivity index (χ1v) is 6.37. The zero-order chi connectivity index (χ0) is 13.9. The summed E-state index contributed by atoms with van der Waals surface area (Å²) in [6.45, 7) is 1.94. The first-order chi connectivity index (χ1) is 9.72. The van der Waals surface area contributed by atoms with Crippen molar-refractivity contribution in [3.05, 3.63) is 47.5 Å². The number of hydrogen-bond donors (Lipinski definition) is 2. The first kappa shape index (κ1) is 12.7. The molecule has 0 saturated carbocycles. The van der Waals surface area contributed by atoms with E-state index < -0.39 is 0 Å². The Hall–Kier alpha value is -2.28. The summed E-state index contributed by atoms with van der Waals surface area (Å²) in [5, 5.41) is 13.6. The summed E-state index contributed by atoms with van der Waals surface area (Å²) in [7, 11) is 0. The fourth-order valence-electron chi connectivity index (χ4n) is 1.94. The average Bonchev–Trinajstić information content (AvgIpc) is 2.83. The number of carbonyl (C=O) groups excluding carboxylic acids is 1. The maximum Gasteiger partial charge on any atom is 0.273 e. The lowest BCUT2D eigenvalue weighted by Gasteiger charge is -2.26. The molecule has 104 valence electrons. The highest BCUT2D eigenvalue weighted by Gasteiger charge is 2.21. The van der Waals surface area contributed by atoms with Crippen LogP contribution in [0.25, 0.3) is 0 Å². The molecule has 0 radical (unpaired) electrons. The summed E-state index contributed by atoms with van der Waals surface area (Å²) in [5.74, 6) is -0.632. The van der Waals surface area contributed by atoms with Gasteiger partial charge in [0.1, 0.15) is 5.82 Å². The van der Waals surface area contributed by atoms with E-state index in [-0.39, 0.29) is 30.0 Å². The van der Waals surface area contributed by atoms with Crippen LogP contribution in [-0.2, 0) is 6.54 Å². The van der Waals surface area contributed by atoms with Gasteiger partial charge >= 0.3 is 0 Å². The number of halogens is 1. The van der Waals surface area contributed by atoms with Gasteiger partial charge in [0, 0.05) is 19.6 Å². The van der Waals surface area contributed by atoms with Crippen molar-refractivity contribution in [3.8, 4) is 0 Å². The Balaban J connectivity index is 1.60. The number of benzene rings is 1. The van der Waals surface area contributed by atoms with Gasteiger partial charge in [-0.05, 0) is 17.7 Å². The van der Waals surface area contributed by atoms with Gasteiger partial charge in [-0.25, -0.2) is 9.07 Å². The minimum Gasteiger partial charge on any atom is -0.347 e. The van der Waals surface area contributed by atoms with Crippen molar-refractivity contribution in [1.82, 2.24) is 25.6 Å². The summed E-state index contributed by atoms with van der Waals surface area (Å²) >= 11 is 0. The minimum absolute atomic E-state index is 0.258. The van der Waals surface area contributed by atoms with E-state index in [1.807, 2.05) is 0 Å². The zero-order valence-corrected chi connectivity index (χ0v) is 10.7. The maximum absolute atomic E-state index is 13.0. The summed E-state index contributed by atoms with van der Waals surface area (Å²) in [4.78, 5) is 11.9. The summed E-state index contributed by atoms with van der Waals surface area (Å²) in [5.41, 5.74) is 0.974. The number of nitrogens with zero attached hydrogens (tertiary/aromatic N) is 3. The largest absolute Gasteiger partial charge is 0.347 e. The van der Waals surface area contributed by atoms with E-state index in [1.54, 1.807) is 23.0 Å². The van der Waals surface area contributed by atoms with Gasteiger partial charge in [0.25, 0.3) is 5.91 Å². The van der Waals surface area contributed by atoms with Crippen molar-refractivity contribution >= 4 is 5.91 Å². The second-order valence-corrected chi connectivity index (χ2v) is 4.71. The van der Waals surface area contributed by atoms with Gasteiger partial charge in [0.2, 0.25) is 0 Å². The van der Waals surface area contributed by atoms with Gasteiger partial charge in [-0.3, -0.25) is 4.79 Å². The molecule has 2 aromatic rings. The van der Waals surface area contributed by atoms with Gasteiger partial charge in [-0.1, -0.05) is 17.3 Å².